The maximum atomic E-state index is 12.9. The fraction of sp³-hybridized carbons (Fsp3) is 0.182. The van der Waals surface area contributed by atoms with Gasteiger partial charge >= 0.3 is 6.18 Å². The Labute approximate surface area is 181 Å². The largest absolute Gasteiger partial charge is 0.416 e. The molecule has 0 saturated heterocycles. The lowest BCUT2D eigenvalue weighted by Gasteiger charge is -2.11. The van der Waals surface area contributed by atoms with Gasteiger partial charge in [-0.25, -0.2) is 9.67 Å². The summed E-state index contributed by atoms with van der Waals surface area (Å²) in [4.78, 5) is 16.5. The van der Waals surface area contributed by atoms with E-state index in [1.807, 2.05) is 27.1 Å². The Morgan fingerprint density at radius 1 is 1.06 bits per heavy atom. The maximum Gasteiger partial charge on any atom is 0.416 e. The van der Waals surface area contributed by atoms with Gasteiger partial charge in [0.05, 0.1) is 23.6 Å². The third-order valence-corrected chi connectivity index (χ3v) is 5.18. The van der Waals surface area contributed by atoms with Crippen LogP contribution in [0.2, 0.25) is 0 Å². The fourth-order valence-electron chi connectivity index (χ4n) is 3.24. The van der Waals surface area contributed by atoms with Gasteiger partial charge in [0.1, 0.15) is 5.82 Å². The number of carbonyl (C=O) groups excluding carboxylic acids is 1. The number of aromatic nitrogens is 5. The van der Waals surface area contributed by atoms with Gasteiger partial charge in [-0.3, -0.25) is 9.48 Å². The first-order valence-corrected chi connectivity index (χ1v) is 9.63. The number of benzene rings is 1. The van der Waals surface area contributed by atoms with Gasteiger partial charge in [0.2, 0.25) is 0 Å². The number of hydrogen-bond acceptors (Lipinski definition) is 4. The van der Waals surface area contributed by atoms with E-state index in [-0.39, 0.29) is 11.4 Å². The van der Waals surface area contributed by atoms with Crippen LogP contribution in [0.4, 0.5) is 19.0 Å². The van der Waals surface area contributed by atoms with E-state index < -0.39 is 17.6 Å². The lowest BCUT2D eigenvalue weighted by Crippen LogP contribution is -2.15. The van der Waals surface area contributed by atoms with Crippen LogP contribution in [0.1, 0.15) is 27.2 Å². The number of aryl methyl sites for hydroxylation is 2. The van der Waals surface area contributed by atoms with E-state index in [2.05, 4.69) is 20.5 Å². The molecule has 0 radical (unpaired) electrons. The number of halogens is 3. The lowest BCUT2D eigenvalue weighted by atomic mass is 10.1. The van der Waals surface area contributed by atoms with E-state index in [9.17, 15) is 18.0 Å². The van der Waals surface area contributed by atoms with Gasteiger partial charge in [-0.1, -0.05) is 6.07 Å². The minimum atomic E-state index is -4.52. The third kappa shape index (κ3) is 4.11. The summed E-state index contributed by atoms with van der Waals surface area (Å²) in [6.45, 7) is 3.83. The van der Waals surface area contributed by atoms with Crippen molar-refractivity contribution in [1.29, 1.82) is 0 Å². The molecule has 32 heavy (non-hydrogen) atoms. The molecule has 7 nitrogen and oxygen atoms in total. The number of nitrogens with one attached hydrogen (secondary N) is 1. The summed E-state index contributed by atoms with van der Waals surface area (Å²) in [7, 11) is 1.86. The first kappa shape index (κ1) is 21.3. The Balaban J connectivity index is 1.61. The van der Waals surface area contributed by atoms with Crippen molar-refractivity contribution in [1.82, 2.24) is 24.5 Å². The number of hydrogen-bond donors (Lipinski definition) is 1. The summed E-state index contributed by atoms with van der Waals surface area (Å²) < 4.78 is 42.1. The van der Waals surface area contributed by atoms with Gasteiger partial charge in [0.25, 0.3) is 5.91 Å². The molecule has 0 atom stereocenters. The van der Waals surface area contributed by atoms with Crippen LogP contribution in [-0.2, 0) is 13.2 Å². The number of rotatable bonds is 4. The molecule has 0 fully saturated rings. The maximum absolute atomic E-state index is 12.9. The normalized spacial score (nSPS) is 11.6. The summed E-state index contributed by atoms with van der Waals surface area (Å²) in [5.41, 5.74) is 3.72. The molecular weight excluding hydrogens is 421 g/mol. The first-order valence-electron chi connectivity index (χ1n) is 9.63. The quantitative estimate of drug-likeness (QED) is 0.505. The molecule has 0 aliphatic rings. The summed E-state index contributed by atoms with van der Waals surface area (Å²) in [6.07, 6.45) is 1.79. The van der Waals surface area contributed by atoms with Gasteiger partial charge in [-0.05, 0) is 43.7 Å². The molecule has 164 valence electrons. The molecule has 0 aliphatic heterocycles. The molecule has 3 aromatic heterocycles. The topological polar surface area (TPSA) is 77.6 Å². The van der Waals surface area contributed by atoms with Crippen LogP contribution in [0.15, 0.2) is 55.1 Å². The van der Waals surface area contributed by atoms with Crippen molar-refractivity contribution in [2.24, 2.45) is 7.05 Å². The standard InChI is InChI=1S/C22H19F3N6O/c1-13-4-5-15(21(32)29-20-9-17(6-7-26-20)22(23,24)25)8-19(13)31-12-16(10-28-31)18-11-27-30(3)14(18)2/h4-12H,1-3H3,(H,26,29,32). The molecule has 0 spiro atoms. The molecule has 0 aliphatic carbocycles. The van der Waals surface area contributed by atoms with Gasteiger partial charge in [0.15, 0.2) is 0 Å². The molecular formula is C22H19F3N6O. The number of alkyl halides is 3. The van der Waals surface area contributed by atoms with Gasteiger partial charge in [-0.2, -0.15) is 23.4 Å². The SMILES string of the molecule is Cc1ccc(C(=O)Nc2cc(C(F)(F)F)ccn2)cc1-n1cc(-c2cnn(C)c2C)cn1. The highest BCUT2D eigenvalue weighted by atomic mass is 19.4. The van der Waals surface area contributed by atoms with Crippen LogP contribution in [0.5, 0.6) is 0 Å². The average molecular weight is 440 g/mol. The van der Waals surface area contributed by atoms with E-state index in [0.717, 1.165) is 40.7 Å². The second-order valence-electron chi connectivity index (χ2n) is 7.32. The zero-order chi connectivity index (χ0) is 23.0. The number of pyridine rings is 1. The van der Waals surface area contributed by atoms with Gasteiger partial charge < -0.3 is 5.32 Å². The summed E-state index contributed by atoms with van der Waals surface area (Å²) in [5.74, 6) is -0.756. The van der Waals surface area contributed by atoms with E-state index in [1.54, 1.807) is 40.0 Å². The highest BCUT2D eigenvalue weighted by Gasteiger charge is 2.30. The molecule has 0 unspecified atom stereocenters. The van der Waals surface area contributed by atoms with Crippen LogP contribution in [0.3, 0.4) is 0 Å². The molecule has 10 heteroatoms. The Morgan fingerprint density at radius 3 is 2.53 bits per heavy atom. The van der Waals surface area contributed by atoms with Gasteiger partial charge in [-0.15, -0.1) is 0 Å². The Bertz CT molecular complexity index is 1310. The van der Waals surface area contributed by atoms with Crippen molar-refractivity contribution in [3.05, 3.63) is 77.5 Å². The van der Waals surface area contributed by atoms with Crippen molar-refractivity contribution >= 4 is 11.7 Å². The van der Waals surface area contributed by atoms with E-state index >= 15 is 0 Å². The van der Waals surface area contributed by atoms with E-state index in [1.165, 1.54) is 0 Å². The van der Waals surface area contributed by atoms with Crippen molar-refractivity contribution in [2.45, 2.75) is 20.0 Å². The Kier molecular flexibility index (Phi) is 5.29. The lowest BCUT2D eigenvalue weighted by molar-refractivity contribution is -0.137. The van der Waals surface area contributed by atoms with Crippen molar-refractivity contribution in [3.63, 3.8) is 0 Å². The van der Waals surface area contributed by atoms with Crippen LogP contribution >= 0.6 is 0 Å². The molecule has 4 aromatic rings. The highest BCUT2D eigenvalue weighted by molar-refractivity contribution is 6.04. The minimum absolute atomic E-state index is 0.180. The molecule has 1 N–H and O–H groups in total. The molecule has 0 saturated carbocycles. The van der Waals surface area contributed by atoms with Crippen molar-refractivity contribution in [2.75, 3.05) is 5.32 Å². The third-order valence-electron chi connectivity index (χ3n) is 5.18. The predicted octanol–water partition coefficient (Wildman–Crippen LogP) is 4.56. The number of anilines is 1. The van der Waals surface area contributed by atoms with Crippen LogP contribution < -0.4 is 5.32 Å². The molecule has 4 rings (SSSR count). The average Bonchev–Trinajstić information content (AvgIpc) is 3.35. The predicted molar refractivity (Wildman–Crippen MR) is 112 cm³/mol. The second-order valence-corrected chi connectivity index (χ2v) is 7.32. The second kappa shape index (κ2) is 7.95. The first-order chi connectivity index (χ1) is 15.1. The molecule has 0 bridgehead atoms. The van der Waals surface area contributed by atoms with Crippen molar-refractivity contribution < 1.29 is 18.0 Å². The van der Waals surface area contributed by atoms with Crippen LogP contribution in [-0.4, -0.2) is 30.5 Å². The number of amides is 1. The monoisotopic (exact) mass is 440 g/mol. The number of carbonyl (C=O) groups is 1. The zero-order valence-corrected chi connectivity index (χ0v) is 17.5. The Morgan fingerprint density at radius 2 is 1.84 bits per heavy atom. The summed E-state index contributed by atoms with van der Waals surface area (Å²) >= 11 is 0. The fourth-order valence-corrected chi connectivity index (χ4v) is 3.24. The van der Waals surface area contributed by atoms with Crippen molar-refractivity contribution in [3.8, 4) is 16.8 Å². The Hall–Kier alpha value is -3.95. The molecule has 3 heterocycles. The molecule has 1 aromatic carbocycles. The number of nitrogens with zero attached hydrogens (tertiary/aromatic N) is 5. The zero-order valence-electron chi connectivity index (χ0n) is 17.5. The van der Waals surface area contributed by atoms with Gasteiger partial charge in [0, 0.05) is 41.8 Å². The van der Waals surface area contributed by atoms with E-state index in [0.29, 0.717) is 5.69 Å². The summed E-state index contributed by atoms with van der Waals surface area (Å²) in [6, 6.07) is 6.62. The highest BCUT2D eigenvalue weighted by Crippen LogP contribution is 2.30. The smallest absolute Gasteiger partial charge is 0.307 e. The van der Waals surface area contributed by atoms with Crippen LogP contribution in [0.25, 0.3) is 16.8 Å². The minimum Gasteiger partial charge on any atom is -0.307 e. The summed E-state index contributed by atoms with van der Waals surface area (Å²) in [5, 5.41) is 11.1. The van der Waals surface area contributed by atoms with Crippen LogP contribution in [0, 0.1) is 13.8 Å². The van der Waals surface area contributed by atoms with E-state index in [4.69, 9.17) is 0 Å². The molecule has 1 amide bonds.